The second-order valence-corrected chi connectivity index (χ2v) is 8.45. The summed E-state index contributed by atoms with van der Waals surface area (Å²) in [5, 5.41) is 5.88. The van der Waals surface area contributed by atoms with E-state index in [9.17, 15) is 27.2 Å². The molecular weight excluding hydrogens is 553 g/mol. The molecule has 0 saturated carbocycles. The van der Waals surface area contributed by atoms with Gasteiger partial charge in [-0.1, -0.05) is 29.3 Å². The van der Waals surface area contributed by atoms with Crippen molar-refractivity contribution < 1.29 is 36.6 Å². The van der Waals surface area contributed by atoms with Crippen molar-refractivity contribution in [1.82, 2.24) is 5.43 Å². The fourth-order valence-electron chi connectivity index (χ4n) is 3.06. The van der Waals surface area contributed by atoms with Gasteiger partial charge >= 0.3 is 18.0 Å². The lowest BCUT2D eigenvalue weighted by molar-refractivity contribution is -0.137. The zero-order chi connectivity index (χ0) is 28.0. The predicted octanol–water partition coefficient (Wildman–Crippen LogP) is 6.22. The van der Waals surface area contributed by atoms with Crippen LogP contribution in [0.15, 0.2) is 59.7 Å². The molecule has 0 heterocycles. The summed E-state index contributed by atoms with van der Waals surface area (Å²) in [6.45, 7) is 1.37. The van der Waals surface area contributed by atoms with Crippen LogP contribution in [0.3, 0.4) is 0 Å². The minimum atomic E-state index is -4.67. The average Bonchev–Trinajstić information content (AvgIpc) is 2.87. The summed E-state index contributed by atoms with van der Waals surface area (Å²) in [5.74, 6) is -2.49. The van der Waals surface area contributed by atoms with E-state index in [2.05, 4.69) is 5.10 Å². The van der Waals surface area contributed by atoms with Crippen molar-refractivity contribution >= 4 is 46.4 Å². The smallest absolute Gasteiger partial charge is 0.416 e. The van der Waals surface area contributed by atoms with Gasteiger partial charge < -0.3 is 14.8 Å². The van der Waals surface area contributed by atoms with E-state index in [0.717, 1.165) is 12.1 Å². The highest BCUT2D eigenvalue weighted by atomic mass is 35.5. The van der Waals surface area contributed by atoms with E-state index in [1.54, 1.807) is 6.07 Å². The molecule has 13 heteroatoms. The van der Waals surface area contributed by atoms with Crippen LogP contribution < -0.4 is 20.2 Å². The van der Waals surface area contributed by atoms with E-state index in [1.807, 2.05) is 10.7 Å². The number of nitrogens with one attached hydrogen (secondary N) is 2. The molecule has 3 aromatic rings. The van der Waals surface area contributed by atoms with Crippen molar-refractivity contribution in [3.05, 3.63) is 87.2 Å². The number of rotatable bonds is 7. The Morgan fingerprint density at radius 1 is 0.974 bits per heavy atom. The van der Waals surface area contributed by atoms with Crippen LogP contribution in [-0.4, -0.2) is 24.6 Å². The maximum absolute atomic E-state index is 14.0. The number of hydrogen-bond donors (Lipinski definition) is 2. The van der Waals surface area contributed by atoms with Gasteiger partial charge in [0.2, 0.25) is 0 Å². The molecule has 0 radical (unpaired) electrons. The van der Waals surface area contributed by atoms with Crippen molar-refractivity contribution in [1.29, 1.82) is 0 Å². The number of benzene rings is 3. The van der Waals surface area contributed by atoms with Gasteiger partial charge in [0.05, 0.1) is 34.1 Å². The lowest BCUT2D eigenvalue weighted by Gasteiger charge is -2.13. The molecule has 3 rings (SSSR count). The average molecular weight is 572 g/mol. The van der Waals surface area contributed by atoms with Gasteiger partial charge in [-0.05, 0) is 55.5 Å². The first-order valence-corrected chi connectivity index (χ1v) is 11.4. The molecule has 7 nitrogen and oxygen atoms in total. The van der Waals surface area contributed by atoms with E-state index in [1.165, 1.54) is 44.4 Å². The number of anilines is 1. The first-order valence-electron chi connectivity index (χ1n) is 10.7. The van der Waals surface area contributed by atoms with Gasteiger partial charge in [0.15, 0.2) is 11.5 Å². The van der Waals surface area contributed by atoms with Crippen LogP contribution in [0.2, 0.25) is 10.0 Å². The Bertz CT molecular complexity index is 1380. The van der Waals surface area contributed by atoms with Gasteiger partial charge in [-0.15, -0.1) is 0 Å². The Kier molecular flexibility index (Phi) is 9.18. The summed E-state index contributed by atoms with van der Waals surface area (Å²) in [6.07, 6.45) is -4.67. The number of alkyl halides is 3. The van der Waals surface area contributed by atoms with Crippen LogP contribution >= 0.6 is 23.2 Å². The number of amides is 2. The monoisotopic (exact) mass is 571 g/mol. The molecule has 0 aliphatic rings. The molecule has 0 aliphatic carbocycles. The molecular formula is C25H19Cl2F4N3O4. The van der Waals surface area contributed by atoms with Crippen LogP contribution in [-0.2, 0) is 22.4 Å². The zero-order valence-electron chi connectivity index (χ0n) is 19.8. The van der Waals surface area contributed by atoms with Crippen molar-refractivity contribution in [3.63, 3.8) is 0 Å². The Morgan fingerprint density at radius 2 is 1.71 bits per heavy atom. The maximum atomic E-state index is 14.0. The normalized spacial score (nSPS) is 11.6. The second-order valence-electron chi connectivity index (χ2n) is 7.64. The number of halogens is 6. The van der Waals surface area contributed by atoms with Gasteiger partial charge in [0.1, 0.15) is 12.4 Å². The van der Waals surface area contributed by atoms with Gasteiger partial charge in [-0.25, -0.2) is 9.82 Å². The fourth-order valence-corrected chi connectivity index (χ4v) is 3.44. The molecule has 0 saturated heterocycles. The Hall–Kier alpha value is -3.83. The van der Waals surface area contributed by atoms with Gasteiger partial charge in [0, 0.05) is 11.1 Å². The highest BCUT2D eigenvalue weighted by molar-refractivity contribution is 6.41. The Balaban J connectivity index is 1.67. The summed E-state index contributed by atoms with van der Waals surface area (Å²) in [6, 6.07) is 11.2. The first kappa shape index (κ1) is 28.7. The maximum Gasteiger partial charge on any atom is 0.416 e. The Morgan fingerprint density at radius 3 is 2.37 bits per heavy atom. The minimum absolute atomic E-state index is 0.157. The molecule has 3 aromatic carbocycles. The SMILES string of the molecule is COc1cc(/C(C)=N/NC(=O)C(=O)Nc2cc(C(F)(F)F)ccc2Cl)ccc1OCc1c(F)cccc1Cl. The second kappa shape index (κ2) is 12.1. The van der Waals surface area contributed by atoms with Crippen molar-refractivity contribution in [2.45, 2.75) is 19.7 Å². The molecule has 0 aromatic heterocycles. The number of ether oxygens (including phenoxy) is 2. The molecule has 0 aliphatic heterocycles. The van der Waals surface area contributed by atoms with Gasteiger partial charge in [0.25, 0.3) is 0 Å². The quantitative estimate of drug-likeness (QED) is 0.152. The van der Waals surface area contributed by atoms with Crippen molar-refractivity contribution in [2.24, 2.45) is 5.10 Å². The Labute approximate surface area is 224 Å². The van der Waals surface area contributed by atoms with Crippen LogP contribution in [0, 0.1) is 5.82 Å². The summed E-state index contributed by atoms with van der Waals surface area (Å²) < 4.78 is 63.7. The van der Waals surface area contributed by atoms with Crippen LogP contribution in [0.4, 0.5) is 23.2 Å². The fraction of sp³-hybridized carbons (Fsp3) is 0.160. The molecule has 2 amide bonds. The molecule has 0 unspecified atom stereocenters. The lowest BCUT2D eigenvalue weighted by atomic mass is 10.1. The summed E-state index contributed by atoms with van der Waals surface area (Å²) in [4.78, 5) is 24.3. The molecule has 0 atom stereocenters. The molecule has 200 valence electrons. The highest BCUT2D eigenvalue weighted by Crippen LogP contribution is 2.34. The molecule has 0 spiro atoms. The molecule has 0 fully saturated rings. The summed E-state index contributed by atoms with van der Waals surface area (Å²) >= 11 is 11.8. The first-order chi connectivity index (χ1) is 17.9. The molecule has 38 heavy (non-hydrogen) atoms. The zero-order valence-corrected chi connectivity index (χ0v) is 21.3. The van der Waals surface area contributed by atoms with Crippen LogP contribution in [0.25, 0.3) is 0 Å². The minimum Gasteiger partial charge on any atom is -0.493 e. The predicted molar refractivity (Wildman–Crippen MR) is 134 cm³/mol. The van der Waals surface area contributed by atoms with E-state index >= 15 is 0 Å². The summed E-state index contributed by atoms with van der Waals surface area (Å²) in [5.41, 5.74) is 1.48. The van der Waals surface area contributed by atoms with Crippen molar-refractivity contribution in [3.8, 4) is 11.5 Å². The number of hydrogen-bond acceptors (Lipinski definition) is 5. The van der Waals surface area contributed by atoms with Gasteiger partial charge in [-0.3, -0.25) is 9.59 Å². The third-order valence-corrected chi connectivity index (χ3v) is 5.77. The van der Waals surface area contributed by atoms with E-state index in [0.29, 0.717) is 11.6 Å². The van der Waals surface area contributed by atoms with E-state index in [-0.39, 0.29) is 45.1 Å². The largest absolute Gasteiger partial charge is 0.493 e. The van der Waals surface area contributed by atoms with Crippen LogP contribution in [0.1, 0.15) is 23.6 Å². The number of methoxy groups -OCH3 is 1. The highest BCUT2D eigenvalue weighted by Gasteiger charge is 2.31. The van der Waals surface area contributed by atoms with Crippen molar-refractivity contribution in [2.75, 3.05) is 12.4 Å². The lowest BCUT2D eigenvalue weighted by Crippen LogP contribution is -2.33. The van der Waals surface area contributed by atoms with Gasteiger partial charge in [-0.2, -0.15) is 18.3 Å². The number of carbonyl (C=O) groups is 2. The molecule has 0 bridgehead atoms. The number of hydrazone groups is 1. The van der Waals surface area contributed by atoms with E-state index in [4.69, 9.17) is 32.7 Å². The standard InChI is InChI=1S/C25H19Cl2F4N3O4/c1-13(33-34-24(36)23(35)32-20-11-15(25(29,30)31)7-8-18(20)27)14-6-9-21(22(10-14)37-2)38-12-16-17(26)4-3-5-19(16)28/h3-11H,12H2,1-2H3,(H,32,35)(H,34,36)/b33-13+. The topological polar surface area (TPSA) is 89.0 Å². The number of carbonyl (C=O) groups excluding carboxylic acids is 2. The number of nitrogens with zero attached hydrogens (tertiary/aromatic N) is 1. The third kappa shape index (κ3) is 7.14. The third-order valence-electron chi connectivity index (χ3n) is 5.09. The summed E-state index contributed by atoms with van der Waals surface area (Å²) in [7, 11) is 1.39. The molecule has 2 N–H and O–H groups in total. The van der Waals surface area contributed by atoms with E-state index < -0.39 is 29.4 Å². The van der Waals surface area contributed by atoms with Crippen LogP contribution in [0.5, 0.6) is 11.5 Å².